The van der Waals surface area contributed by atoms with Crippen LogP contribution in [0.3, 0.4) is 0 Å². The first-order chi connectivity index (χ1) is 26.3. The largest absolute Gasteiger partial charge is 0.310 e. The lowest BCUT2D eigenvalue weighted by molar-refractivity contribution is 0.968. The second kappa shape index (κ2) is 11.5. The van der Waals surface area contributed by atoms with Gasteiger partial charge in [-0.25, -0.2) is 0 Å². The molecule has 0 unspecified atom stereocenters. The van der Waals surface area contributed by atoms with Crippen molar-refractivity contribution in [3.63, 3.8) is 0 Å². The number of nitrogens with zero attached hydrogens (tertiary/aromatic N) is 4. The fourth-order valence-corrected chi connectivity index (χ4v) is 8.98. The minimum Gasteiger partial charge on any atom is -0.310 e. The average Bonchev–Trinajstić information content (AvgIpc) is 3.86. The summed E-state index contributed by atoms with van der Waals surface area (Å²) in [6.07, 6.45) is 6.66. The van der Waals surface area contributed by atoms with Gasteiger partial charge in [-0.15, -0.1) is 0 Å². The van der Waals surface area contributed by atoms with Crippen LogP contribution < -0.4 is 0 Å². The first kappa shape index (κ1) is 29.6. The molecule has 0 amide bonds. The third-order valence-corrected chi connectivity index (χ3v) is 11.1. The van der Waals surface area contributed by atoms with Gasteiger partial charge in [-0.3, -0.25) is 0 Å². The van der Waals surface area contributed by atoms with Gasteiger partial charge < -0.3 is 13.7 Å². The van der Waals surface area contributed by atoms with E-state index >= 15 is 0 Å². The van der Waals surface area contributed by atoms with Crippen LogP contribution in [0.2, 0.25) is 0 Å². The van der Waals surface area contributed by atoms with Gasteiger partial charge in [0.25, 0.3) is 0 Å². The quantitative estimate of drug-likeness (QED) is 0.183. The summed E-state index contributed by atoms with van der Waals surface area (Å²) in [6.45, 7) is 0. The van der Waals surface area contributed by atoms with Gasteiger partial charge in [0.05, 0.1) is 38.8 Å². The molecule has 1 aliphatic rings. The van der Waals surface area contributed by atoms with Crippen LogP contribution >= 0.6 is 0 Å². The zero-order valence-electron chi connectivity index (χ0n) is 28.9. The van der Waals surface area contributed by atoms with Gasteiger partial charge in [0, 0.05) is 49.6 Å². The lowest BCUT2D eigenvalue weighted by Gasteiger charge is -2.18. The van der Waals surface area contributed by atoms with Crippen molar-refractivity contribution in [2.24, 2.45) is 0 Å². The second-order valence-corrected chi connectivity index (χ2v) is 13.9. The van der Waals surface area contributed by atoms with E-state index in [-0.39, 0.29) is 0 Å². The third-order valence-electron chi connectivity index (χ3n) is 11.1. The number of rotatable bonds is 4. The lowest BCUT2D eigenvalue weighted by Crippen LogP contribution is -2.03. The van der Waals surface area contributed by atoms with Crippen LogP contribution in [0.15, 0.2) is 164 Å². The van der Waals surface area contributed by atoms with Crippen LogP contribution in [-0.2, 0) is 6.42 Å². The fourth-order valence-electron chi connectivity index (χ4n) is 8.98. The summed E-state index contributed by atoms with van der Waals surface area (Å²) in [6, 6.07) is 58.7. The molecule has 0 radical (unpaired) electrons. The summed E-state index contributed by atoms with van der Waals surface area (Å²) in [4.78, 5) is 0. The summed E-state index contributed by atoms with van der Waals surface area (Å²) < 4.78 is 7.13. The Bertz CT molecular complexity index is 3180. The minimum atomic E-state index is 0.631. The van der Waals surface area contributed by atoms with E-state index in [1.165, 1.54) is 32.9 Å². The van der Waals surface area contributed by atoms with Gasteiger partial charge in [0.2, 0.25) is 0 Å². The third kappa shape index (κ3) is 4.22. The van der Waals surface area contributed by atoms with Crippen LogP contribution in [0, 0.1) is 11.3 Å². The highest BCUT2D eigenvalue weighted by molar-refractivity contribution is 6.26. The number of fused-ring (bicyclic) bond motifs is 10. The number of aryl methyl sites for hydroxylation is 1. The minimum absolute atomic E-state index is 0.631. The molecule has 4 heteroatoms. The van der Waals surface area contributed by atoms with Crippen LogP contribution in [0.4, 0.5) is 0 Å². The van der Waals surface area contributed by atoms with Crippen molar-refractivity contribution in [3.8, 4) is 34.3 Å². The van der Waals surface area contributed by atoms with Crippen molar-refractivity contribution in [3.05, 3.63) is 181 Å². The van der Waals surface area contributed by atoms with Crippen LogP contribution in [0.25, 0.3) is 88.8 Å². The molecular weight excluding hydrogens is 645 g/mol. The Labute approximate surface area is 306 Å². The predicted molar refractivity (Wildman–Crippen MR) is 219 cm³/mol. The van der Waals surface area contributed by atoms with Gasteiger partial charge in [0.1, 0.15) is 6.07 Å². The van der Waals surface area contributed by atoms with E-state index in [0.29, 0.717) is 5.56 Å². The molecule has 0 spiro atoms. The Morgan fingerprint density at radius 2 is 1.19 bits per heavy atom. The van der Waals surface area contributed by atoms with Crippen molar-refractivity contribution in [1.82, 2.24) is 13.7 Å². The van der Waals surface area contributed by atoms with Crippen molar-refractivity contribution in [2.75, 3.05) is 0 Å². The van der Waals surface area contributed by atoms with Crippen LogP contribution in [0.1, 0.15) is 23.2 Å². The molecule has 10 aromatic rings. The molecule has 0 aliphatic heterocycles. The lowest BCUT2D eigenvalue weighted by atomic mass is 9.98. The Kier molecular flexibility index (Phi) is 6.41. The maximum Gasteiger partial charge on any atom is 0.101 e. The molecular formula is C49H32N4. The van der Waals surface area contributed by atoms with Gasteiger partial charge >= 0.3 is 0 Å². The van der Waals surface area contributed by atoms with E-state index in [1.54, 1.807) is 0 Å². The normalized spacial score (nSPS) is 12.7. The second-order valence-electron chi connectivity index (χ2n) is 13.9. The Balaban J connectivity index is 1.24. The summed E-state index contributed by atoms with van der Waals surface area (Å²) in [5.74, 6) is 0. The number of aromatic nitrogens is 3. The molecule has 248 valence electrons. The smallest absolute Gasteiger partial charge is 0.101 e. The van der Waals surface area contributed by atoms with E-state index in [2.05, 4.69) is 178 Å². The van der Waals surface area contributed by atoms with Gasteiger partial charge in [-0.05, 0) is 84.6 Å². The Hall–Kier alpha value is -7.09. The molecule has 0 N–H and O–H groups in total. The van der Waals surface area contributed by atoms with Crippen molar-refractivity contribution >= 4 is 60.6 Å². The molecule has 11 rings (SSSR count). The van der Waals surface area contributed by atoms with E-state index in [1.807, 2.05) is 12.1 Å². The number of benzene rings is 7. The monoisotopic (exact) mass is 676 g/mol. The van der Waals surface area contributed by atoms with Gasteiger partial charge in [-0.1, -0.05) is 109 Å². The number of hydrogen-bond acceptors (Lipinski definition) is 1. The molecule has 0 fully saturated rings. The van der Waals surface area contributed by atoms with Crippen molar-refractivity contribution in [1.29, 1.82) is 5.26 Å². The number of allylic oxidation sites excluding steroid dienone is 1. The number of para-hydroxylation sites is 5. The maximum absolute atomic E-state index is 10.8. The Morgan fingerprint density at radius 3 is 2.00 bits per heavy atom. The molecule has 53 heavy (non-hydrogen) atoms. The van der Waals surface area contributed by atoms with Crippen molar-refractivity contribution < 1.29 is 0 Å². The van der Waals surface area contributed by atoms with Crippen LogP contribution in [-0.4, -0.2) is 13.7 Å². The SMILES string of the molecule is N#Cc1cccc(-c2cccc(-n3c4c(c5ccccc53)CCC=C4)c2)c1-n1c2ccccc2c2ccc3c(c4ccccc4n3-c3ccccc3)c21. The molecule has 3 heterocycles. The number of nitriles is 1. The van der Waals surface area contributed by atoms with E-state index in [0.717, 1.165) is 73.9 Å². The average molecular weight is 677 g/mol. The molecule has 0 saturated carbocycles. The maximum atomic E-state index is 10.8. The van der Waals surface area contributed by atoms with Gasteiger partial charge in [0.15, 0.2) is 0 Å². The first-order valence-electron chi connectivity index (χ1n) is 18.2. The molecule has 1 aliphatic carbocycles. The molecule has 0 saturated heterocycles. The number of hydrogen-bond donors (Lipinski definition) is 0. The summed E-state index contributed by atoms with van der Waals surface area (Å²) in [5, 5.41) is 16.8. The Morgan fingerprint density at radius 1 is 0.509 bits per heavy atom. The zero-order chi connectivity index (χ0) is 35.0. The summed E-state index contributed by atoms with van der Waals surface area (Å²) >= 11 is 0. The van der Waals surface area contributed by atoms with Crippen LogP contribution in [0.5, 0.6) is 0 Å². The predicted octanol–water partition coefficient (Wildman–Crippen LogP) is 12.3. The molecule has 0 bridgehead atoms. The zero-order valence-corrected chi connectivity index (χ0v) is 28.9. The molecule has 7 aromatic carbocycles. The standard InChI is InChI=1S/C49H32N4/c50-31-33-15-13-23-36(32-14-12-18-35(30-32)52-42-24-8-4-19-37(42)38-20-5-9-25-43(38)52)48(33)53-44-26-10-6-21-39(44)40-28-29-46-47(49(40)53)41-22-7-11-27-45(41)51(46)34-16-2-1-3-17-34/h1-4,6-19,21-30H,5,20H2. The molecule has 4 nitrogen and oxygen atoms in total. The molecule has 0 atom stereocenters. The highest BCUT2D eigenvalue weighted by Gasteiger charge is 2.24. The van der Waals surface area contributed by atoms with E-state index < -0.39 is 0 Å². The van der Waals surface area contributed by atoms with Gasteiger partial charge in [-0.2, -0.15) is 5.26 Å². The van der Waals surface area contributed by atoms with E-state index in [4.69, 9.17) is 0 Å². The topological polar surface area (TPSA) is 38.6 Å². The highest BCUT2D eigenvalue weighted by Crippen LogP contribution is 2.44. The fraction of sp³-hybridized carbons (Fsp3) is 0.0408. The summed E-state index contributed by atoms with van der Waals surface area (Å²) in [5.41, 5.74) is 14.1. The van der Waals surface area contributed by atoms with Crippen molar-refractivity contribution in [2.45, 2.75) is 12.8 Å². The van der Waals surface area contributed by atoms with E-state index in [9.17, 15) is 5.26 Å². The molecule has 3 aromatic heterocycles. The highest BCUT2D eigenvalue weighted by atomic mass is 15.0. The first-order valence-corrected chi connectivity index (χ1v) is 18.2. The summed E-state index contributed by atoms with van der Waals surface area (Å²) in [7, 11) is 0.